The smallest absolute Gasteiger partial charge is 0.261 e. The summed E-state index contributed by atoms with van der Waals surface area (Å²) in [4.78, 5) is 61.0. The van der Waals surface area contributed by atoms with Crippen molar-refractivity contribution in [3.05, 3.63) is 94.0 Å². The van der Waals surface area contributed by atoms with Crippen LogP contribution in [0.15, 0.2) is 60.7 Å². The van der Waals surface area contributed by atoms with Gasteiger partial charge in [-0.15, -0.1) is 0 Å². The molecule has 7 nitrogen and oxygen atoms in total. The first-order valence-corrected chi connectivity index (χ1v) is 20.5. The zero-order valence-electron chi connectivity index (χ0n) is 32.1. The third-order valence-electron chi connectivity index (χ3n) is 13.2. The van der Waals surface area contributed by atoms with Crippen molar-refractivity contribution in [3.63, 3.8) is 0 Å². The molecule has 55 heavy (non-hydrogen) atoms. The molecule has 0 unspecified atom stereocenters. The molecule has 6 aromatic carbocycles. The lowest BCUT2D eigenvalue weighted by Gasteiger charge is -2.37. The van der Waals surface area contributed by atoms with E-state index in [0.717, 1.165) is 113 Å². The number of carbonyl (C=O) groups is 4. The molecule has 0 atom stereocenters. The van der Waals surface area contributed by atoms with Gasteiger partial charge in [-0.3, -0.25) is 29.0 Å². The van der Waals surface area contributed by atoms with Gasteiger partial charge in [-0.25, -0.2) is 0 Å². The van der Waals surface area contributed by atoms with E-state index in [4.69, 9.17) is 4.74 Å². The van der Waals surface area contributed by atoms with Gasteiger partial charge in [-0.05, 0) is 94.5 Å². The van der Waals surface area contributed by atoms with Crippen LogP contribution >= 0.6 is 0 Å². The van der Waals surface area contributed by atoms with Gasteiger partial charge in [0.2, 0.25) is 0 Å². The maximum atomic E-state index is 14.8. The van der Waals surface area contributed by atoms with E-state index in [9.17, 15) is 19.2 Å². The molecular weight excluding hydrogens is 685 g/mol. The normalized spacial score (nSPS) is 18.4. The molecule has 2 aliphatic carbocycles. The van der Waals surface area contributed by atoms with Crippen molar-refractivity contribution >= 4 is 66.7 Å². The molecule has 6 aromatic rings. The van der Waals surface area contributed by atoms with Crippen LogP contribution in [0.1, 0.15) is 156 Å². The van der Waals surface area contributed by atoms with Crippen LogP contribution in [0.5, 0.6) is 11.5 Å². The van der Waals surface area contributed by atoms with Crippen molar-refractivity contribution in [1.29, 1.82) is 0 Å². The number of rotatable bonds is 6. The van der Waals surface area contributed by atoms with Crippen LogP contribution in [0.4, 0.5) is 0 Å². The van der Waals surface area contributed by atoms with E-state index < -0.39 is 0 Å². The molecule has 2 saturated carbocycles. The molecule has 278 valence electrons. The first-order valence-electron chi connectivity index (χ1n) is 20.5. The number of imide groups is 2. The van der Waals surface area contributed by atoms with E-state index in [0.29, 0.717) is 38.8 Å². The summed E-state index contributed by atoms with van der Waals surface area (Å²) in [6, 6.07) is 19.6. The molecule has 0 bridgehead atoms. The molecule has 2 heterocycles. The summed E-state index contributed by atoms with van der Waals surface area (Å²) in [5, 5.41) is 6.30. The summed E-state index contributed by atoms with van der Waals surface area (Å²) in [5.41, 5.74) is 4.22. The van der Waals surface area contributed by atoms with Crippen molar-refractivity contribution < 1.29 is 23.9 Å². The average Bonchev–Trinajstić information content (AvgIpc) is 3.19. The van der Waals surface area contributed by atoms with Gasteiger partial charge in [0.05, 0.1) is 5.56 Å². The quantitative estimate of drug-likeness (QED) is 0.0968. The monoisotopic (exact) mass is 730 g/mol. The fourth-order valence-corrected chi connectivity index (χ4v) is 10.5. The van der Waals surface area contributed by atoms with Crippen LogP contribution in [0, 0.1) is 0 Å². The highest BCUT2D eigenvalue weighted by Crippen LogP contribution is 2.51. The third kappa shape index (κ3) is 4.87. The average molecular weight is 731 g/mol. The van der Waals surface area contributed by atoms with Crippen LogP contribution < -0.4 is 4.74 Å². The summed E-state index contributed by atoms with van der Waals surface area (Å²) in [6.45, 7) is 8.63. The van der Waals surface area contributed by atoms with Crippen molar-refractivity contribution in [2.24, 2.45) is 0 Å². The van der Waals surface area contributed by atoms with E-state index in [1.807, 2.05) is 42.5 Å². The number of carbonyl (C=O) groups excluding carboxylic acids is 4. The number of hydrogen-bond donors (Lipinski definition) is 0. The van der Waals surface area contributed by atoms with Crippen molar-refractivity contribution in [3.8, 4) is 11.5 Å². The van der Waals surface area contributed by atoms with Crippen LogP contribution in [0.2, 0.25) is 0 Å². The van der Waals surface area contributed by atoms with Gasteiger partial charge >= 0.3 is 0 Å². The molecule has 7 heteroatoms. The summed E-state index contributed by atoms with van der Waals surface area (Å²) >= 11 is 0. The number of ether oxygens (including phenoxy) is 1. The lowest BCUT2D eigenvalue weighted by molar-refractivity contribution is 0.0487. The summed E-state index contributed by atoms with van der Waals surface area (Å²) < 4.78 is 7.23. The van der Waals surface area contributed by atoms with Gasteiger partial charge in [-0.1, -0.05) is 103 Å². The zero-order valence-corrected chi connectivity index (χ0v) is 32.1. The Balaban J connectivity index is 1.29. The Bertz CT molecular complexity index is 2590. The molecule has 0 spiro atoms. The fraction of sp³-hybridized carbons (Fsp3) is 0.375. The minimum absolute atomic E-state index is 0.0968. The highest BCUT2D eigenvalue weighted by atomic mass is 16.5. The molecule has 10 rings (SSSR count). The van der Waals surface area contributed by atoms with Gasteiger partial charge in [0.15, 0.2) is 0 Å². The fourth-order valence-electron chi connectivity index (χ4n) is 10.5. The number of amides is 4. The van der Waals surface area contributed by atoms with E-state index in [1.165, 1.54) is 9.80 Å². The Morgan fingerprint density at radius 1 is 0.491 bits per heavy atom. The van der Waals surface area contributed by atoms with Crippen LogP contribution in [-0.2, 0) is 0 Å². The molecular formula is C48H46N2O5. The summed E-state index contributed by atoms with van der Waals surface area (Å²) in [5.74, 6) is 0.683. The predicted molar refractivity (Wildman–Crippen MR) is 217 cm³/mol. The maximum absolute atomic E-state index is 14.8. The van der Waals surface area contributed by atoms with Gasteiger partial charge in [-0.2, -0.15) is 0 Å². The van der Waals surface area contributed by atoms with E-state index in [2.05, 4.69) is 45.9 Å². The van der Waals surface area contributed by atoms with E-state index >= 15 is 0 Å². The van der Waals surface area contributed by atoms with Gasteiger partial charge in [0.1, 0.15) is 11.5 Å². The van der Waals surface area contributed by atoms with E-state index in [1.54, 1.807) is 0 Å². The SMILES string of the molecule is CC(C)c1cccc(C(C)C)c1Oc1cc2c3c(ccc4c5ccc6c7c(ccc(c1c34)c75)C(=O)N(C1CCCCC1)C6=O)C(=O)N(C1CCCCC1)C2=O. The van der Waals surface area contributed by atoms with E-state index in [-0.39, 0.29) is 47.5 Å². The first-order chi connectivity index (χ1) is 26.7. The lowest BCUT2D eigenvalue weighted by Crippen LogP contribution is -2.47. The molecule has 4 aliphatic rings. The van der Waals surface area contributed by atoms with Crippen molar-refractivity contribution in [1.82, 2.24) is 9.80 Å². The Morgan fingerprint density at radius 2 is 0.927 bits per heavy atom. The van der Waals surface area contributed by atoms with Crippen LogP contribution in [0.3, 0.4) is 0 Å². The topological polar surface area (TPSA) is 84.0 Å². The van der Waals surface area contributed by atoms with Crippen molar-refractivity contribution in [2.75, 3.05) is 0 Å². The van der Waals surface area contributed by atoms with Gasteiger partial charge in [0.25, 0.3) is 23.6 Å². The molecule has 0 N–H and O–H groups in total. The second-order valence-electron chi connectivity index (χ2n) is 17.0. The second kappa shape index (κ2) is 12.6. The maximum Gasteiger partial charge on any atom is 0.261 e. The Labute approximate surface area is 320 Å². The standard InChI is InChI=1S/C48H46N2O5/c1-25(2)29-16-11-17-30(26(3)4)44(29)55-38-24-37-41-36(47(53)50(48(37)54)28-14-9-6-10-15-28)22-19-32-31-18-21-34-40-35(23-20-33(39(31)40)42(38)43(32)41)46(52)49(45(34)51)27-12-7-5-8-13-27/h11,16-28H,5-10,12-15H2,1-4H3. The number of benzene rings is 6. The molecule has 4 amide bonds. The summed E-state index contributed by atoms with van der Waals surface area (Å²) in [7, 11) is 0. The molecule has 0 radical (unpaired) electrons. The van der Waals surface area contributed by atoms with Crippen LogP contribution in [-0.4, -0.2) is 45.5 Å². The second-order valence-corrected chi connectivity index (χ2v) is 17.0. The Kier molecular flexibility index (Phi) is 7.85. The highest BCUT2D eigenvalue weighted by Gasteiger charge is 2.42. The lowest BCUT2D eigenvalue weighted by atomic mass is 9.81. The highest BCUT2D eigenvalue weighted by molar-refractivity contribution is 6.42. The largest absolute Gasteiger partial charge is 0.456 e. The van der Waals surface area contributed by atoms with Crippen molar-refractivity contribution in [2.45, 2.75) is 116 Å². The number of nitrogens with zero attached hydrogens (tertiary/aromatic N) is 2. The molecule has 2 fully saturated rings. The minimum atomic E-state index is -0.269. The number of hydrogen-bond acceptors (Lipinski definition) is 5. The van der Waals surface area contributed by atoms with Gasteiger partial charge in [0, 0.05) is 50.3 Å². The molecule has 0 saturated heterocycles. The Morgan fingerprint density at radius 3 is 1.42 bits per heavy atom. The van der Waals surface area contributed by atoms with Gasteiger partial charge < -0.3 is 4.74 Å². The zero-order chi connectivity index (χ0) is 37.9. The third-order valence-corrected chi connectivity index (χ3v) is 13.2. The van der Waals surface area contributed by atoms with Crippen LogP contribution in [0.25, 0.3) is 43.1 Å². The Hall–Kier alpha value is -5.30. The predicted octanol–water partition coefficient (Wildman–Crippen LogP) is 11.6. The summed E-state index contributed by atoms with van der Waals surface area (Å²) in [6.07, 6.45) is 9.53. The molecule has 2 aliphatic heterocycles. The first kappa shape index (κ1) is 34.2. The number of para-hydroxylation sites is 1. The molecule has 0 aromatic heterocycles. The number of fused-ring (bicyclic) bond motifs is 2. The minimum Gasteiger partial charge on any atom is -0.456 e.